The van der Waals surface area contributed by atoms with Gasteiger partial charge in [-0.3, -0.25) is 4.79 Å². The van der Waals surface area contributed by atoms with Crippen LogP contribution in [0.2, 0.25) is 25.7 Å². The van der Waals surface area contributed by atoms with Gasteiger partial charge in [-0.05, 0) is 13.0 Å². The highest BCUT2D eigenvalue weighted by molar-refractivity contribution is 6.76. The maximum Gasteiger partial charge on any atom is 0.251 e. The minimum Gasteiger partial charge on any atom is -0.378 e. The number of nitrogens with zero attached hydrogens (tertiary/aromatic N) is 1. The number of morpholine rings is 1. The van der Waals surface area contributed by atoms with E-state index in [0.29, 0.717) is 32.9 Å². The molecular weight excluding hydrogens is 262 g/mol. The third-order valence-corrected chi connectivity index (χ3v) is 4.77. The molecule has 1 aliphatic rings. The van der Waals surface area contributed by atoms with Crippen molar-refractivity contribution in [2.45, 2.75) is 38.7 Å². The van der Waals surface area contributed by atoms with Gasteiger partial charge < -0.3 is 19.1 Å². The van der Waals surface area contributed by atoms with Crippen molar-refractivity contribution in [3.63, 3.8) is 0 Å². The predicted molar refractivity (Wildman–Crippen MR) is 76.9 cm³/mol. The van der Waals surface area contributed by atoms with Crippen molar-refractivity contribution >= 4 is 14.0 Å². The van der Waals surface area contributed by atoms with Gasteiger partial charge in [0.2, 0.25) is 0 Å². The number of amides is 1. The molecule has 1 atom stereocenters. The van der Waals surface area contributed by atoms with E-state index in [4.69, 9.17) is 14.2 Å². The largest absolute Gasteiger partial charge is 0.378 e. The summed E-state index contributed by atoms with van der Waals surface area (Å²) >= 11 is 0. The molecule has 1 saturated heterocycles. The van der Waals surface area contributed by atoms with E-state index in [1.165, 1.54) is 0 Å². The van der Waals surface area contributed by atoms with Crippen LogP contribution in [-0.2, 0) is 19.0 Å². The fourth-order valence-electron chi connectivity index (χ4n) is 1.70. The number of hydrogen-bond acceptors (Lipinski definition) is 4. The van der Waals surface area contributed by atoms with Crippen LogP contribution in [0, 0.1) is 0 Å². The van der Waals surface area contributed by atoms with Crippen LogP contribution < -0.4 is 0 Å². The van der Waals surface area contributed by atoms with Gasteiger partial charge in [0.1, 0.15) is 12.9 Å². The minimum absolute atomic E-state index is 0.0251. The fourth-order valence-corrected chi connectivity index (χ4v) is 2.46. The van der Waals surface area contributed by atoms with Crippen molar-refractivity contribution in [1.82, 2.24) is 4.90 Å². The molecule has 0 radical (unpaired) electrons. The Morgan fingerprint density at radius 3 is 2.53 bits per heavy atom. The predicted octanol–water partition coefficient (Wildman–Crippen LogP) is 1.56. The van der Waals surface area contributed by atoms with Crippen LogP contribution in [0.4, 0.5) is 0 Å². The number of ether oxygens (including phenoxy) is 3. The van der Waals surface area contributed by atoms with Gasteiger partial charge in [-0.15, -0.1) is 0 Å². The molecule has 1 amide bonds. The molecule has 0 aromatic rings. The van der Waals surface area contributed by atoms with E-state index in [0.717, 1.165) is 6.04 Å². The molecule has 0 N–H and O–H groups in total. The summed E-state index contributed by atoms with van der Waals surface area (Å²) in [6.07, 6.45) is -0.440. The molecule has 6 heteroatoms. The lowest BCUT2D eigenvalue weighted by Gasteiger charge is -2.29. The highest BCUT2D eigenvalue weighted by Gasteiger charge is 2.22. The second-order valence-corrected chi connectivity index (χ2v) is 11.7. The first-order chi connectivity index (χ1) is 8.90. The lowest BCUT2D eigenvalue weighted by atomic mass is 10.3. The van der Waals surface area contributed by atoms with Crippen LogP contribution in [0.15, 0.2) is 0 Å². The Morgan fingerprint density at radius 1 is 1.32 bits per heavy atom. The van der Waals surface area contributed by atoms with E-state index in [1.807, 2.05) is 0 Å². The van der Waals surface area contributed by atoms with Crippen LogP contribution >= 0.6 is 0 Å². The number of carbonyl (C=O) groups excluding carboxylic acids is 1. The summed E-state index contributed by atoms with van der Waals surface area (Å²) < 4.78 is 16.1. The van der Waals surface area contributed by atoms with Gasteiger partial charge in [-0.2, -0.15) is 0 Å². The lowest BCUT2D eigenvalue weighted by Crippen LogP contribution is -2.45. The Labute approximate surface area is 117 Å². The zero-order valence-electron chi connectivity index (χ0n) is 12.6. The third kappa shape index (κ3) is 7.05. The summed E-state index contributed by atoms with van der Waals surface area (Å²) in [6, 6.07) is 1.11. The van der Waals surface area contributed by atoms with Crippen molar-refractivity contribution in [3.05, 3.63) is 0 Å². The SMILES string of the molecule is CC(OCOCC[Si](C)(C)C)C(=O)N1CCOCC1. The van der Waals surface area contributed by atoms with E-state index >= 15 is 0 Å². The first kappa shape index (κ1) is 16.6. The molecular formula is C13H27NO4Si. The normalized spacial score (nSPS) is 18.4. The highest BCUT2D eigenvalue weighted by Crippen LogP contribution is 2.08. The molecule has 112 valence electrons. The molecule has 0 bridgehead atoms. The second kappa shape index (κ2) is 7.99. The molecule has 19 heavy (non-hydrogen) atoms. The molecule has 0 spiro atoms. The van der Waals surface area contributed by atoms with Crippen LogP contribution in [0.5, 0.6) is 0 Å². The fraction of sp³-hybridized carbons (Fsp3) is 0.923. The minimum atomic E-state index is -1.05. The standard InChI is InChI=1S/C13H27NO4Si/c1-12(13(15)14-5-7-16-8-6-14)18-11-17-9-10-19(2,3)4/h12H,5-11H2,1-4H3. The Balaban J connectivity index is 2.12. The van der Waals surface area contributed by atoms with E-state index < -0.39 is 14.2 Å². The molecule has 1 fully saturated rings. The van der Waals surface area contributed by atoms with E-state index in [2.05, 4.69) is 19.6 Å². The topological polar surface area (TPSA) is 48.0 Å². The average Bonchev–Trinajstić information content (AvgIpc) is 2.37. The zero-order chi connectivity index (χ0) is 14.3. The number of rotatable bonds is 7. The van der Waals surface area contributed by atoms with Gasteiger partial charge in [-0.25, -0.2) is 0 Å². The summed E-state index contributed by atoms with van der Waals surface area (Å²) in [5, 5.41) is 0. The lowest BCUT2D eigenvalue weighted by molar-refractivity contribution is -0.155. The Bertz CT molecular complexity index is 274. The smallest absolute Gasteiger partial charge is 0.251 e. The van der Waals surface area contributed by atoms with Gasteiger partial charge in [0.25, 0.3) is 5.91 Å². The molecule has 1 unspecified atom stereocenters. The van der Waals surface area contributed by atoms with Gasteiger partial charge in [0, 0.05) is 27.8 Å². The van der Waals surface area contributed by atoms with Crippen LogP contribution in [0.1, 0.15) is 6.92 Å². The molecule has 1 heterocycles. The molecule has 1 aliphatic heterocycles. The van der Waals surface area contributed by atoms with Crippen LogP contribution in [0.3, 0.4) is 0 Å². The Hall–Kier alpha value is -0.433. The zero-order valence-corrected chi connectivity index (χ0v) is 13.6. The molecule has 5 nitrogen and oxygen atoms in total. The molecule has 0 aliphatic carbocycles. The molecule has 0 aromatic heterocycles. The van der Waals surface area contributed by atoms with Gasteiger partial charge >= 0.3 is 0 Å². The average molecular weight is 289 g/mol. The number of hydrogen-bond donors (Lipinski definition) is 0. The quantitative estimate of drug-likeness (QED) is 0.405. The van der Waals surface area contributed by atoms with Crippen molar-refractivity contribution in [3.8, 4) is 0 Å². The van der Waals surface area contributed by atoms with Crippen molar-refractivity contribution in [2.75, 3.05) is 39.7 Å². The number of carbonyl (C=O) groups is 1. The van der Waals surface area contributed by atoms with Crippen molar-refractivity contribution < 1.29 is 19.0 Å². The summed E-state index contributed by atoms with van der Waals surface area (Å²) in [4.78, 5) is 13.8. The Kier molecular flexibility index (Phi) is 6.99. The third-order valence-electron chi connectivity index (χ3n) is 3.07. The summed E-state index contributed by atoms with van der Waals surface area (Å²) in [6.45, 7) is 12.2. The maximum absolute atomic E-state index is 12.0. The van der Waals surface area contributed by atoms with E-state index in [9.17, 15) is 4.79 Å². The van der Waals surface area contributed by atoms with Crippen LogP contribution in [-0.4, -0.2) is 64.7 Å². The van der Waals surface area contributed by atoms with Gasteiger partial charge in [-0.1, -0.05) is 19.6 Å². The molecule has 0 saturated carbocycles. The molecule has 1 rings (SSSR count). The Morgan fingerprint density at radius 2 is 1.95 bits per heavy atom. The van der Waals surface area contributed by atoms with E-state index in [1.54, 1.807) is 11.8 Å². The van der Waals surface area contributed by atoms with Crippen molar-refractivity contribution in [1.29, 1.82) is 0 Å². The summed E-state index contributed by atoms with van der Waals surface area (Å²) in [5.41, 5.74) is 0. The van der Waals surface area contributed by atoms with E-state index in [-0.39, 0.29) is 12.7 Å². The van der Waals surface area contributed by atoms with Crippen LogP contribution in [0.25, 0.3) is 0 Å². The summed E-state index contributed by atoms with van der Waals surface area (Å²) in [7, 11) is -1.05. The van der Waals surface area contributed by atoms with Gasteiger partial charge in [0.15, 0.2) is 0 Å². The molecule has 0 aromatic carbocycles. The maximum atomic E-state index is 12.0. The highest BCUT2D eigenvalue weighted by atomic mass is 28.3. The monoisotopic (exact) mass is 289 g/mol. The summed E-state index contributed by atoms with van der Waals surface area (Å²) in [5.74, 6) is 0.0251. The van der Waals surface area contributed by atoms with Crippen molar-refractivity contribution in [2.24, 2.45) is 0 Å². The second-order valence-electron chi connectivity index (χ2n) is 6.08. The van der Waals surface area contributed by atoms with Gasteiger partial charge in [0.05, 0.1) is 13.2 Å². The first-order valence-electron chi connectivity index (χ1n) is 6.96. The first-order valence-corrected chi connectivity index (χ1v) is 10.7.